The van der Waals surface area contributed by atoms with Crippen molar-refractivity contribution in [2.75, 3.05) is 0 Å². The van der Waals surface area contributed by atoms with Crippen molar-refractivity contribution in [3.05, 3.63) is 6.17 Å². The Morgan fingerprint density at radius 3 is 2.50 bits per heavy atom. The summed E-state index contributed by atoms with van der Waals surface area (Å²) < 4.78 is 0. The van der Waals surface area contributed by atoms with Crippen molar-refractivity contribution in [3.8, 4) is 0 Å². The van der Waals surface area contributed by atoms with Crippen molar-refractivity contribution in [2.24, 2.45) is 9.98 Å². The van der Waals surface area contributed by atoms with Crippen LogP contribution in [-0.4, -0.2) is 12.4 Å². The van der Waals surface area contributed by atoms with E-state index in [9.17, 15) is 0 Å². The molecule has 0 aromatic rings. The number of rotatable bonds is 2. The van der Waals surface area contributed by atoms with Gasteiger partial charge in [0.05, 0.1) is 6.42 Å². The number of hydrogen-bond acceptors (Lipinski definition) is 2. The smallest absolute Gasteiger partial charge is 0.0968 e. The van der Waals surface area contributed by atoms with Gasteiger partial charge in [-0.05, 0) is 6.42 Å². The summed E-state index contributed by atoms with van der Waals surface area (Å²) in [6.45, 7) is 2.12. The maximum Gasteiger partial charge on any atom is 0.240 e. The fourth-order valence-corrected chi connectivity index (χ4v) is 0.625. The van der Waals surface area contributed by atoms with Crippen molar-refractivity contribution in [1.29, 1.82) is 0 Å². The molecular formula is C6H9N2+. The molecule has 0 radical (unpaired) electrons. The minimum atomic E-state index is 0.965. The molecule has 8 heavy (non-hydrogen) atoms. The lowest BCUT2D eigenvalue weighted by Crippen LogP contribution is -1.81. The van der Waals surface area contributed by atoms with E-state index >= 15 is 0 Å². The van der Waals surface area contributed by atoms with E-state index in [1.54, 1.807) is 12.4 Å². The maximum absolute atomic E-state index is 3.99. The molecule has 0 saturated heterocycles. The normalized spacial score (nSPS) is 15.9. The van der Waals surface area contributed by atoms with Gasteiger partial charge in [0.25, 0.3) is 0 Å². The Morgan fingerprint density at radius 2 is 2.00 bits per heavy atom. The fraction of sp³-hybridized carbons (Fsp3) is 0.500. The zero-order chi connectivity index (χ0) is 5.82. The van der Waals surface area contributed by atoms with Crippen LogP contribution in [-0.2, 0) is 0 Å². The number of aliphatic imine (C=N–C) groups is 2. The third-order valence-electron chi connectivity index (χ3n) is 0.987. The van der Waals surface area contributed by atoms with Gasteiger partial charge in [0.1, 0.15) is 0 Å². The summed E-state index contributed by atoms with van der Waals surface area (Å²) in [6.07, 6.45) is 6.56. The second-order valence-corrected chi connectivity index (χ2v) is 1.72. The Kier molecular flexibility index (Phi) is 1.67. The summed E-state index contributed by atoms with van der Waals surface area (Å²) in [5, 5.41) is 0. The predicted molar refractivity (Wildman–Crippen MR) is 35.1 cm³/mol. The highest BCUT2D eigenvalue weighted by Crippen LogP contribution is 2.12. The van der Waals surface area contributed by atoms with Crippen LogP contribution in [0.1, 0.15) is 19.8 Å². The Hall–Kier alpha value is -0.790. The molecule has 1 rings (SSSR count). The molecule has 1 heterocycles. The van der Waals surface area contributed by atoms with E-state index in [4.69, 9.17) is 0 Å². The van der Waals surface area contributed by atoms with Crippen LogP contribution in [0.15, 0.2) is 9.98 Å². The van der Waals surface area contributed by atoms with Crippen LogP contribution in [0, 0.1) is 6.17 Å². The molecular weight excluding hydrogens is 100 g/mol. The second-order valence-electron chi connectivity index (χ2n) is 1.72. The molecule has 0 N–H and O–H groups in total. The zero-order valence-corrected chi connectivity index (χ0v) is 4.96. The van der Waals surface area contributed by atoms with Gasteiger partial charge in [0.15, 0.2) is 12.4 Å². The summed E-state index contributed by atoms with van der Waals surface area (Å²) in [7, 11) is 0. The molecule has 0 aromatic heterocycles. The van der Waals surface area contributed by atoms with Crippen molar-refractivity contribution in [3.63, 3.8) is 0 Å². The summed E-state index contributed by atoms with van der Waals surface area (Å²) in [6, 6.07) is 0. The maximum atomic E-state index is 3.99. The lowest BCUT2D eigenvalue weighted by atomic mass is 10.3. The van der Waals surface area contributed by atoms with Gasteiger partial charge in [-0.2, -0.15) is 0 Å². The first kappa shape index (κ1) is 5.35. The standard InChI is InChI=1S/C6H9N2/c1-2-3-6-7-4-5-8-6/h4-5H,2-3H2,1H3/q+1. The monoisotopic (exact) mass is 109 g/mol. The predicted octanol–water partition coefficient (Wildman–Crippen LogP) is 1.43. The van der Waals surface area contributed by atoms with E-state index in [1.807, 2.05) is 0 Å². The highest BCUT2D eigenvalue weighted by Gasteiger charge is 2.12. The van der Waals surface area contributed by atoms with Crippen molar-refractivity contribution in [2.45, 2.75) is 19.8 Å². The molecule has 0 unspecified atom stereocenters. The summed E-state index contributed by atoms with van der Waals surface area (Å²) in [5.74, 6) is 0. The molecule has 1 aliphatic heterocycles. The van der Waals surface area contributed by atoms with E-state index in [-0.39, 0.29) is 0 Å². The van der Waals surface area contributed by atoms with E-state index in [2.05, 4.69) is 16.9 Å². The van der Waals surface area contributed by atoms with E-state index in [0.717, 1.165) is 19.0 Å². The molecule has 0 amide bonds. The van der Waals surface area contributed by atoms with Gasteiger partial charge in [0.2, 0.25) is 6.17 Å². The average molecular weight is 109 g/mol. The minimum absolute atomic E-state index is 0.965. The van der Waals surface area contributed by atoms with Crippen molar-refractivity contribution in [1.82, 2.24) is 0 Å². The molecule has 0 saturated carbocycles. The van der Waals surface area contributed by atoms with Gasteiger partial charge >= 0.3 is 0 Å². The molecule has 0 spiro atoms. The summed E-state index contributed by atoms with van der Waals surface area (Å²) in [5.41, 5.74) is 0. The summed E-state index contributed by atoms with van der Waals surface area (Å²) in [4.78, 5) is 7.99. The summed E-state index contributed by atoms with van der Waals surface area (Å²) >= 11 is 0. The largest absolute Gasteiger partial charge is 0.240 e. The first-order chi connectivity index (χ1) is 3.93. The number of hydrogen-bond donors (Lipinski definition) is 0. The molecule has 2 heteroatoms. The third-order valence-corrected chi connectivity index (χ3v) is 0.987. The molecule has 42 valence electrons. The second kappa shape index (κ2) is 2.50. The van der Waals surface area contributed by atoms with Gasteiger partial charge in [0, 0.05) is 0 Å². The Balaban J connectivity index is 2.27. The van der Waals surface area contributed by atoms with Gasteiger partial charge in [-0.3, -0.25) is 0 Å². The van der Waals surface area contributed by atoms with Crippen molar-refractivity contribution >= 4 is 12.4 Å². The van der Waals surface area contributed by atoms with Gasteiger partial charge in [-0.25, -0.2) is 0 Å². The van der Waals surface area contributed by atoms with Crippen LogP contribution < -0.4 is 0 Å². The highest BCUT2D eigenvalue weighted by atomic mass is 15.0. The van der Waals surface area contributed by atoms with Gasteiger partial charge in [-0.1, -0.05) is 16.9 Å². The molecule has 2 nitrogen and oxygen atoms in total. The van der Waals surface area contributed by atoms with E-state index in [0.29, 0.717) is 0 Å². The molecule has 0 atom stereocenters. The van der Waals surface area contributed by atoms with Crippen LogP contribution in [0.5, 0.6) is 0 Å². The van der Waals surface area contributed by atoms with E-state index in [1.165, 1.54) is 0 Å². The average Bonchev–Trinajstić information content (AvgIpc) is 2.19. The first-order valence-corrected chi connectivity index (χ1v) is 2.86. The highest BCUT2D eigenvalue weighted by molar-refractivity contribution is 6.18. The quantitative estimate of drug-likeness (QED) is 0.479. The van der Waals surface area contributed by atoms with Crippen LogP contribution in [0.3, 0.4) is 0 Å². The van der Waals surface area contributed by atoms with Gasteiger partial charge in [-0.15, -0.1) is 0 Å². The molecule has 1 aliphatic rings. The SMILES string of the molecule is CCC[C+]1N=CC=N1. The zero-order valence-electron chi connectivity index (χ0n) is 4.96. The lowest BCUT2D eigenvalue weighted by Gasteiger charge is -1.87. The van der Waals surface area contributed by atoms with Crippen LogP contribution in [0.2, 0.25) is 0 Å². The lowest BCUT2D eigenvalue weighted by molar-refractivity contribution is 0.780. The van der Waals surface area contributed by atoms with Crippen LogP contribution >= 0.6 is 0 Å². The van der Waals surface area contributed by atoms with E-state index < -0.39 is 0 Å². The molecule has 0 fully saturated rings. The van der Waals surface area contributed by atoms with Crippen LogP contribution in [0.4, 0.5) is 0 Å². The topological polar surface area (TPSA) is 24.7 Å². The third kappa shape index (κ3) is 1.09. The molecule has 0 bridgehead atoms. The Morgan fingerprint density at radius 1 is 1.38 bits per heavy atom. The molecule has 0 aliphatic carbocycles. The van der Waals surface area contributed by atoms with Gasteiger partial charge < -0.3 is 0 Å². The van der Waals surface area contributed by atoms with Crippen molar-refractivity contribution < 1.29 is 0 Å². The Bertz CT molecular complexity index is 104. The minimum Gasteiger partial charge on any atom is -0.0968 e. The van der Waals surface area contributed by atoms with Crippen LogP contribution in [0.25, 0.3) is 0 Å². The Labute approximate surface area is 49.3 Å². The first-order valence-electron chi connectivity index (χ1n) is 2.86. The number of nitrogens with zero attached hydrogens (tertiary/aromatic N) is 2. The molecule has 0 aromatic carbocycles. The fourth-order valence-electron chi connectivity index (χ4n) is 0.625.